The first-order valence-corrected chi connectivity index (χ1v) is 12.5. The summed E-state index contributed by atoms with van der Waals surface area (Å²) in [6, 6.07) is 2.94. The standard InChI is InChI=1S/C26H30FN5O5/c1-14(33)26(35)32-9-3-4-16(11-32)31-25(34)18-10-28-23-21(29-13-30-22(18)23)17-7-8-19(36-2)20(27)24(17)37-12-15-5-6-15/h7-8,10,13-16,28,33H,3-6,9,11-12H2,1-2H3,(H,31,34)/t14-,16+/m0/s1. The Hall–Kier alpha value is -3.73. The molecule has 10 nitrogen and oxygen atoms in total. The largest absolute Gasteiger partial charge is 0.494 e. The maximum absolute atomic E-state index is 15.2. The SMILES string of the molecule is COc1ccc(-c2ncnc3c(C(=O)N[C@@H]4CCCN(C(=O)[C@H](C)O)C4)c[nH]c23)c(OCC2CC2)c1F. The highest BCUT2D eigenvalue weighted by molar-refractivity contribution is 6.08. The van der Waals surface area contributed by atoms with E-state index in [1.807, 2.05) is 0 Å². The predicted molar refractivity (Wildman–Crippen MR) is 133 cm³/mol. The van der Waals surface area contributed by atoms with E-state index in [0.717, 1.165) is 19.3 Å². The van der Waals surface area contributed by atoms with E-state index in [9.17, 15) is 14.7 Å². The fraction of sp³-hybridized carbons (Fsp3) is 0.462. The van der Waals surface area contributed by atoms with Gasteiger partial charge in [-0.2, -0.15) is 4.39 Å². The van der Waals surface area contributed by atoms with Crippen molar-refractivity contribution < 1.29 is 28.6 Å². The molecule has 0 bridgehead atoms. The summed E-state index contributed by atoms with van der Waals surface area (Å²) in [6.07, 6.45) is 5.34. The lowest BCUT2D eigenvalue weighted by Crippen LogP contribution is -2.51. The number of H-pyrrole nitrogens is 1. The van der Waals surface area contributed by atoms with Crippen LogP contribution in [0.4, 0.5) is 4.39 Å². The average molecular weight is 512 g/mol. The van der Waals surface area contributed by atoms with Gasteiger partial charge in [0.2, 0.25) is 5.82 Å². The summed E-state index contributed by atoms with van der Waals surface area (Å²) in [7, 11) is 1.40. The number of likely N-dealkylation sites (tertiary alicyclic amines) is 1. The average Bonchev–Trinajstić information content (AvgIpc) is 3.62. The molecule has 2 aliphatic rings. The van der Waals surface area contributed by atoms with Crippen molar-refractivity contribution in [2.24, 2.45) is 5.92 Å². The maximum atomic E-state index is 15.2. The number of halogens is 1. The van der Waals surface area contributed by atoms with Gasteiger partial charge in [-0.25, -0.2) is 9.97 Å². The molecule has 1 saturated heterocycles. The molecule has 0 spiro atoms. The third kappa shape index (κ3) is 5.08. The molecule has 1 aromatic carbocycles. The molecule has 37 heavy (non-hydrogen) atoms. The van der Waals surface area contributed by atoms with Crippen molar-refractivity contribution in [3.63, 3.8) is 0 Å². The van der Waals surface area contributed by atoms with Crippen LogP contribution in [0.3, 0.4) is 0 Å². The monoisotopic (exact) mass is 511 g/mol. The van der Waals surface area contributed by atoms with Crippen LogP contribution in [0.15, 0.2) is 24.7 Å². The van der Waals surface area contributed by atoms with E-state index in [1.54, 1.807) is 17.2 Å². The molecule has 196 valence electrons. The van der Waals surface area contributed by atoms with Gasteiger partial charge < -0.3 is 29.8 Å². The van der Waals surface area contributed by atoms with Crippen molar-refractivity contribution in [3.8, 4) is 22.8 Å². The van der Waals surface area contributed by atoms with E-state index in [0.29, 0.717) is 59.9 Å². The van der Waals surface area contributed by atoms with Gasteiger partial charge in [0.05, 0.1) is 24.8 Å². The second-order valence-corrected chi connectivity index (χ2v) is 9.63. The van der Waals surface area contributed by atoms with Crippen molar-refractivity contribution in [2.45, 2.75) is 44.8 Å². The Morgan fingerprint density at radius 3 is 2.84 bits per heavy atom. The summed E-state index contributed by atoms with van der Waals surface area (Å²) in [5, 5.41) is 12.6. The van der Waals surface area contributed by atoms with Gasteiger partial charge in [-0.1, -0.05) is 0 Å². The zero-order chi connectivity index (χ0) is 26.1. The number of hydrogen-bond donors (Lipinski definition) is 3. The number of rotatable bonds is 8. The number of hydrogen-bond acceptors (Lipinski definition) is 7. The van der Waals surface area contributed by atoms with Gasteiger partial charge in [-0.15, -0.1) is 0 Å². The number of fused-ring (bicyclic) bond motifs is 1. The number of piperidine rings is 1. The van der Waals surface area contributed by atoms with Gasteiger partial charge in [0, 0.05) is 30.9 Å². The summed E-state index contributed by atoms with van der Waals surface area (Å²) in [6.45, 7) is 2.71. The lowest BCUT2D eigenvalue weighted by molar-refractivity contribution is -0.140. The van der Waals surface area contributed by atoms with E-state index >= 15 is 4.39 Å². The van der Waals surface area contributed by atoms with Crippen LogP contribution >= 0.6 is 0 Å². The molecule has 3 N–H and O–H groups in total. The summed E-state index contributed by atoms with van der Waals surface area (Å²) >= 11 is 0. The lowest BCUT2D eigenvalue weighted by atomic mass is 10.0. The van der Waals surface area contributed by atoms with Crippen molar-refractivity contribution in [1.29, 1.82) is 0 Å². The van der Waals surface area contributed by atoms with Gasteiger partial charge in [-0.3, -0.25) is 9.59 Å². The molecule has 1 aliphatic heterocycles. The van der Waals surface area contributed by atoms with Crippen LogP contribution in [0.25, 0.3) is 22.3 Å². The number of amides is 2. The quantitative estimate of drug-likeness (QED) is 0.424. The zero-order valence-electron chi connectivity index (χ0n) is 20.8. The second-order valence-electron chi connectivity index (χ2n) is 9.63. The molecular weight excluding hydrogens is 481 g/mol. The van der Waals surface area contributed by atoms with Crippen LogP contribution in [0.2, 0.25) is 0 Å². The number of nitrogens with zero attached hydrogens (tertiary/aromatic N) is 3. The minimum Gasteiger partial charge on any atom is -0.494 e. The number of carbonyl (C=O) groups excluding carboxylic acids is 2. The number of aliphatic hydroxyl groups excluding tert-OH is 1. The van der Waals surface area contributed by atoms with E-state index in [-0.39, 0.29) is 29.4 Å². The number of ether oxygens (including phenoxy) is 2. The minimum absolute atomic E-state index is 0.0527. The van der Waals surface area contributed by atoms with Crippen molar-refractivity contribution >= 4 is 22.8 Å². The van der Waals surface area contributed by atoms with E-state index in [4.69, 9.17) is 9.47 Å². The number of aromatic amines is 1. The van der Waals surface area contributed by atoms with E-state index in [1.165, 1.54) is 26.4 Å². The highest BCUT2D eigenvalue weighted by atomic mass is 19.1. The molecule has 5 rings (SSSR count). The third-order valence-corrected chi connectivity index (χ3v) is 6.83. The first kappa shape index (κ1) is 24.9. The summed E-state index contributed by atoms with van der Waals surface area (Å²) < 4.78 is 26.2. The highest BCUT2D eigenvalue weighted by Gasteiger charge is 2.29. The second kappa shape index (κ2) is 10.3. The Bertz CT molecular complexity index is 1320. The number of benzene rings is 1. The molecule has 2 amide bonds. The summed E-state index contributed by atoms with van der Waals surface area (Å²) in [4.78, 5) is 38.7. The first-order chi connectivity index (χ1) is 17.9. The Morgan fingerprint density at radius 2 is 2.11 bits per heavy atom. The van der Waals surface area contributed by atoms with Crippen molar-refractivity contribution in [3.05, 3.63) is 36.0 Å². The summed E-state index contributed by atoms with van der Waals surface area (Å²) in [5.41, 5.74) is 2.01. The minimum atomic E-state index is -1.08. The van der Waals surface area contributed by atoms with Gasteiger partial charge >= 0.3 is 0 Å². The molecule has 0 radical (unpaired) electrons. The predicted octanol–water partition coefficient (Wildman–Crippen LogP) is 2.66. The van der Waals surface area contributed by atoms with Crippen molar-refractivity contribution in [1.82, 2.24) is 25.2 Å². The van der Waals surface area contributed by atoms with Crippen LogP contribution in [-0.2, 0) is 4.79 Å². The van der Waals surface area contributed by atoms with Gasteiger partial charge in [0.1, 0.15) is 23.6 Å². The number of aliphatic hydroxyl groups is 1. The van der Waals surface area contributed by atoms with Gasteiger partial charge in [0.25, 0.3) is 11.8 Å². The normalized spacial score (nSPS) is 18.5. The third-order valence-electron chi connectivity index (χ3n) is 6.83. The topological polar surface area (TPSA) is 130 Å². The smallest absolute Gasteiger partial charge is 0.255 e. The van der Waals surface area contributed by atoms with Crippen LogP contribution in [0, 0.1) is 11.7 Å². The molecule has 2 aromatic heterocycles. The Labute approximate surface area is 213 Å². The molecule has 3 heterocycles. The first-order valence-electron chi connectivity index (χ1n) is 12.5. The van der Waals surface area contributed by atoms with Crippen LogP contribution in [0.1, 0.15) is 43.0 Å². The van der Waals surface area contributed by atoms with Gasteiger partial charge in [0.15, 0.2) is 11.5 Å². The van der Waals surface area contributed by atoms with Crippen molar-refractivity contribution in [2.75, 3.05) is 26.8 Å². The molecule has 0 unspecified atom stereocenters. The maximum Gasteiger partial charge on any atom is 0.255 e. The Kier molecular flexibility index (Phi) is 6.96. The highest BCUT2D eigenvalue weighted by Crippen LogP contribution is 2.40. The molecular formula is C26H30FN5O5. The molecule has 1 saturated carbocycles. The van der Waals surface area contributed by atoms with Crippen LogP contribution < -0.4 is 14.8 Å². The van der Waals surface area contributed by atoms with E-state index < -0.39 is 11.9 Å². The molecule has 3 aromatic rings. The zero-order valence-corrected chi connectivity index (χ0v) is 20.8. The molecule has 1 aliphatic carbocycles. The number of carbonyl (C=O) groups is 2. The lowest BCUT2D eigenvalue weighted by Gasteiger charge is -2.33. The molecule has 2 fully saturated rings. The van der Waals surface area contributed by atoms with E-state index in [2.05, 4.69) is 20.3 Å². The molecule has 11 heteroatoms. The fourth-order valence-electron chi connectivity index (χ4n) is 4.65. The fourth-order valence-corrected chi connectivity index (χ4v) is 4.65. The Balaban J connectivity index is 1.42. The van der Waals surface area contributed by atoms with Crippen LogP contribution in [-0.4, -0.2) is 75.7 Å². The van der Waals surface area contributed by atoms with Crippen LogP contribution in [0.5, 0.6) is 11.5 Å². The summed E-state index contributed by atoms with van der Waals surface area (Å²) in [5.74, 6) is -0.770. The number of aromatic nitrogens is 3. The van der Waals surface area contributed by atoms with Gasteiger partial charge in [-0.05, 0) is 50.7 Å². The Morgan fingerprint density at radius 1 is 1.30 bits per heavy atom. The number of nitrogens with one attached hydrogen (secondary N) is 2. The number of methoxy groups -OCH3 is 1. The molecule has 2 atom stereocenters.